The first-order valence-corrected chi connectivity index (χ1v) is 8.35. The summed E-state index contributed by atoms with van der Waals surface area (Å²) in [5, 5.41) is 10.8. The lowest BCUT2D eigenvalue weighted by Crippen LogP contribution is -2.27. The molecule has 0 unspecified atom stereocenters. The molecule has 2 aromatic rings. The van der Waals surface area contributed by atoms with Crippen molar-refractivity contribution in [1.29, 1.82) is 0 Å². The van der Waals surface area contributed by atoms with Gasteiger partial charge >= 0.3 is 0 Å². The molecule has 0 saturated heterocycles. The van der Waals surface area contributed by atoms with Crippen molar-refractivity contribution in [1.82, 2.24) is 5.32 Å². The smallest absolute Gasteiger partial charge is 0.287 e. The van der Waals surface area contributed by atoms with Gasteiger partial charge < -0.3 is 25.6 Å². The molecular weight excluding hydrogens is 334 g/mol. The van der Waals surface area contributed by atoms with Crippen molar-refractivity contribution in [3.05, 3.63) is 46.8 Å². The molecule has 0 saturated carbocycles. The molecule has 0 fully saturated rings. The lowest BCUT2D eigenvalue weighted by molar-refractivity contribution is 0.0916. The van der Waals surface area contributed by atoms with Gasteiger partial charge in [-0.25, -0.2) is 0 Å². The average molecular weight is 357 g/mol. The Morgan fingerprint density at radius 2 is 2.12 bits per heavy atom. The maximum Gasteiger partial charge on any atom is 0.287 e. The lowest BCUT2D eigenvalue weighted by Gasteiger charge is -2.29. The van der Waals surface area contributed by atoms with Crippen LogP contribution in [0.25, 0.3) is 0 Å². The van der Waals surface area contributed by atoms with E-state index in [2.05, 4.69) is 29.4 Å². The van der Waals surface area contributed by atoms with E-state index in [9.17, 15) is 4.79 Å². The van der Waals surface area contributed by atoms with Crippen molar-refractivity contribution in [3.63, 3.8) is 0 Å². The predicted molar refractivity (Wildman–Crippen MR) is 97.8 cm³/mol. The minimum atomic E-state index is -0.299. The zero-order valence-corrected chi connectivity index (χ0v) is 15.1. The van der Waals surface area contributed by atoms with E-state index in [0.717, 1.165) is 22.6 Å². The van der Waals surface area contributed by atoms with Crippen LogP contribution in [0.3, 0.4) is 0 Å². The highest BCUT2D eigenvalue weighted by molar-refractivity contribution is 6.07. The van der Waals surface area contributed by atoms with Gasteiger partial charge in [-0.1, -0.05) is 13.8 Å². The van der Waals surface area contributed by atoms with Crippen molar-refractivity contribution in [3.8, 4) is 0 Å². The summed E-state index contributed by atoms with van der Waals surface area (Å²) in [5.41, 5.74) is 13.0. The molecule has 26 heavy (non-hydrogen) atoms. The zero-order chi connectivity index (χ0) is 18.9. The van der Waals surface area contributed by atoms with Crippen LogP contribution in [0.15, 0.2) is 37.4 Å². The number of furan rings is 2. The molecular formula is C18H23N5O3. The fraction of sp³-hybridized carbons (Fsp3) is 0.389. The topological polar surface area (TPSA) is 132 Å². The molecule has 0 bridgehead atoms. The van der Waals surface area contributed by atoms with Gasteiger partial charge in [0, 0.05) is 17.5 Å². The number of nitrogens with one attached hydrogen (secondary N) is 1. The zero-order valence-electron chi connectivity index (χ0n) is 15.1. The lowest BCUT2D eigenvalue weighted by atomic mass is 9.75. The molecule has 2 aromatic heterocycles. The molecule has 0 atom stereocenters. The molecule has 5 N–H and O–H groups in total. The van der Waals surface area contributed by atoms with Crippen molar-refractivity contribution in [2.75, 3.05) is 0 Å². The minimum Gasteiger partial charge on any atom is -0.467 e. The van der Waals surface area contributed by atoms with E-state index in [1.165, 1.54) is 0 Å². The van der Waals surface area contributed by atoms with E-state index < -0.39 is 0 Å². The van der Waals surface area contributed by atoms with Gasteiger partial charge in [0.25, 0.3) is 5.91 Å². The SMILES string of the molecule is Cc1c(C(=O)NCc2ccco2)oc2c1/C(=N\N=C(N)N)CC(C)(C)C2. The Bertz CT molecular complexity index is 871. The van der Waals surface area contributed by atoms with Crippen LogP contribution >= 0.6 is 0 Å². The second-order valence-corrected chi connectivity index (χ2v) is 7.21. The summed E-state index contributed by atoms with van der Waals surface area (Å²) in [6.45, 7) is 6.34. The summed E-state index contributed by atoms with van der Waals surface area (Å²) in [5.74, 6) is 1.26. The highest BCUT2D eigenvalue weighted by Crippen LogP contribution is 2.38. The van der Waals surface area contributed by atoms with Crippen LogP contribution in [0.5, 0.6) is 0 Å². The second-order valence-electron chi connectivity index (χ2n) is 7.21. The Labute approximate surface area is 151 Å². The van der Waals surface area contributed by atoms with Gasteiger partial charge in [0.1, 0.15) is 11.5 Å². The van der Waals surface area contributed by atoms with Crippen molar-refractivity contribution in [2.45, 2.75) is 40.2 Å². The maximum absolute atomic E-state index is 12.6. The molecule has 0 aromatic carbocycles. The molecule has 8 heteroatoms. The third-order valence-corrected chi connectivity index (χ3v) is 4.29. The van der Waals surface area contributed by atoms with E-state index in [-0.39, 0.29) is 29.6 Å². The predicted octanol–water partition coefficient (Wildman–Crippen LogP) is 2.06. The van der Waals surface area contributed by atoms with E-state index in [0.29, 0.717) is 18.6 Å². The number of carbonyl (C=O) groups is 1. The third-order valence-electron chi connectivity index (χ3n) is 4.29. The van der Waals surface area contributed by atoms with Gasteiger partial charge in [-0.15, -0.1) is 5.10 Å². The van der Waals surface area contributed by atoms with Gasteiger partial charge in [0.15, 0.2) is 5.76 Å². The third kappa shape index (κ3) is 3.63. The van der Waals surface area contributed by atoms with Crippen LogP contribution in [0.4, 0.5) is 0 Å². The summed E-state index contributed by atoms with van der Waals surface area (Å²) in [7, 11) is 0. The van der Waals surface area contributed by atoms with Gasteiger partial charge in [-0.2, -0.15) is 5.10 Å². The highest BCUT2D eigenvalue weighted by Gasteiger charge is 2.36. The van der Waals surface area contributed by atoms with Gasteiger partial charge in [-0.3, -0.25) is 4.79 Å². The Morgan fingerprint density at radius 3 is 2.77 bits per heavy atom. The standard InChI is InChI=1S/C18H23N5O3/c1-10-14-12(22-23-17(19)20)7-18(2,3)8-13(14)26-15(10)16(24)21-9-11-5-4-6-25-11/h4-6H,7-9H2,1-3H3,(H,21,24)(H4,19,20,23)/b22-12-. The molecule has 1 aliphatic rings. The fourth-order valence-electron chi connectivity index (χ4n) is 3.20. The van der Waals surface area contributed by atoms with E-state index in [4.69, 9.17) is 20.3 Å². The van der Waals surface area contributed by atoms with Crippen LogP contribution in [0.2, 0.25) is 0 Å². The number of fused-ring (bicyclic) bond motifs is 1. The summed E-state index contributed by atoms with van der Waals surface area (Å²) in [6.07, 6.45) is 2.95. The average Bonchev–Trinajstić information content (AvgIpc) is 3.17. The number of amides is 1. The van der Waals surface area contributed by atoms with E-state index in [1.54, 1.807) is 18.4 Å². The number of nitrogens with zero attached hydrogens (tertiary/aromatic N) is 2. The van der Waals surface area contributed by atoms with Crippen molar-refractivity contribution in [2.24, 2.45) is 27.1 Å². The summed E-state index contributed by atoms with van der Waals surface area (Å²) in [6, 6.07) is 3.57. The Hall–Kier alpha value is -3.03. The number of hydrogen-bond acceptors (Lipinski definition) is 5. The number of hydrogen-bond donors (Lipinski definition) is 3. The number of carbonyl (C=O) groups excluding carboxylic acids is 1. The number of rotatable bonds is 4. The molecule has 1 amide bonds. The molecule has 0 radical (unpaired) electrons. The largest absolute Gasteiger partial charge is 0.467 e. The highest BCUT2D eigenvalue weighted by atomic mass is 16.4. The summed E-state index contributed by atoms with van der Waals surface area (Å²) in [4.78, 5) is 12.6. The minimum absolute atomic E-state index is 0.0725. The molecule has 1 aliphatic carbocycles. The van der Waals surface area contributed by atoms with Gasteiger partial charge in [0.2, 0.25) is 5.96 Å². The quantitative estimate of drug-likeness (QED) is 0.438. The molecule has 8 nitrogen and oxygen atoms in total. The first-order chi connectivity index (χ1) is 12.3. The number of guanidine groups is 1. The molecule has 3 rings (SSSR count). The van der Waals surface area contributed by atoms with Gasteiger partial charge in [-0.05, 0) is 30.9 Å². The van der Waals surface area contributed by atoms with Crippen LogP contribution in [-0.4, -0.2) is 17.6 Å². The van der Waals surface area contributed by atoms with Crippen molar-refractivity contribution < 1.29 is 13.6 Å². The monoisotopic (exact) mass is 357 g/mol. The Balaban J connectivity index is 1.92. The Morgan fingerprint density at radius 1 is 1.35 bits per heavy atom. The molecule has 138 valence electrons. The molecule has 0 spiro atoms. The van der Waals surface area contributed by atoms with E-state index in [1.807, 2.05) is 6.92 Å². The Kier molecular flexibility index (Phi) is 4.58. The first kappa shape index (κ1) is 17.8. The second kappa shape index (κ2) is 6.70. The van der Waals surface area contributed by atoms with Crippen LogP contribution in [-0.2, 0) is 13.0 Å². The normalized spacial score (nSPS) is 17.0. The first-order valence-electron chi connectivity index (χ1n) is 8.35. The summed E-state index contributed by atoms with van der Waals surface area (Å²) >= 11 is 0. The van der Waals surface area contributed by atoms with Crippen molar-refractivity contribution >= 4 is 17.6 Å². The molecule has 2 heterocycles. The maximum atomic E-state index is 12.6. The van der Waals surface area contributed by atoms with Crippen LogP contribution < -0.4 is 16.8 Å². The fourth-order valence-corrected chi connectivity index (χ4v) is 3.20. The summed E-state index contributed by atoms with van der Waals surface area (Å²) < 4.78 is 11.1. The van der Waals surface area contributed by atoms with Gasteiger partial charge in [0.05, 0.1) is 18.5 Å². The van der Waals surface area contributed by atoms with E-state index >= 15 is 0 Å². The van der Waals surface area contributed by atoms with Crippen LogP contribution in [0.1, 0.15) is 53.5 Å². The number of nitrogens with two attached hydrogens (primary N) is 2. The van der Waals surface area contributed by atoms with Crippen LogP contribution in [0, 0.1) is 12.3 Å². The molecule has 0 aliphatic heterocycles.